The van der Waals surface area contributed by atoms with Crippen molar-refractivity contribution in [2.24, 2.45) is 0 Å². The largest absolute Gasteiger partial charge is 0.359 e. The molecule has 2 aromatic heterocycles. The van der Waals surface area contributed by atoms with Crippen LogP contribution >= 0.6 is 0 Å². The van der Waals surface area contributed by atoms with Crippen LogP contribution in [0.1, 0.15) is 58.9 Å². The van der Waals surface area contributed by atoms with Crippen LogP contribution in [0.3, 0.4) is 0 Å². The van der Waals surface area contributed by atoms with Gasteiger partial charge in [0.25, 0.3) is 5.91 Å². The van der Waals surface area contributed by atoms with Crippen LogP contribution in [-0.4, -0.2) is 27.5 Å². The number of benzene rings is 1. The highest BCUT2D eigenvalue weighted by molar-refractivity contribution is 6.06. The fourth-order valence-electron chi connectivity index (χ4n) is 3.80. The van der Waals surface area contributed by atoms with Gasteiger partial charge >= 0.3 is 0 Å². The molecule has 1 saturated heterocycles. The van der Waals surface area contributed by atoms with Crippen molar-refractivity contribution in [1.82, 2.24) is 15.0 Å². The van der Waals surface area contributed by atoms with Crippen molar-refractivity contribution in [2.75, 3.05) is 6.54 Å². The van der Waals surface area contributed by atoms with Gasteiger partial charge in [0.15, 0.2) is 5.76 Å². The van der Waals surface area contributed by atoms with Gasteiger partial charge in [0.1, 0.15) is 0 Å². The zero-order chi connectivity index (χ0) is 18.3. The molecule has 0 saturated carbocycles. The Labute approximate surface area is 153 Å². The van der Waals surface area contributed by atoms with Gasteiger partial charge in [0.05, 0.1) is 22.8 Å². The van der Waals surface area contributed by atoms with E-state index in [4.69, 9.17) is 4.52 Å². The fraction of sp³-hybridized carbons (Fsp3) is 0.381. The predicted molar refractivity (Wildman–Crippen MR) is 100 cm³/mol. The Bertz CT molecular complexity index is 977. The highest BCUT2D eigenvalue weighted by Crippen LogP contribution is 2.34. The first-order valence-electron chi connectivity index (χ1n) is 9.21. The van der Waals surface area contributed by atoms with Gasteiger partial charge in [-0.3, -0.25) is 9.78 Å². The van der Waals surface area contributed by atoms with Crippen molar-refractivity contribution in [1.29, 1.82) is 0 Å². The second-order valence-corrected chi connectivity index (χ2v) is 7.04. The molecule has 0 bridgehead atoms. The quantitative estimate of drug-likeness (QED) is 0.704. The number of carbonyl (C=O) groups excluding carboxylic acids is 1. The van der Waals surface area contributed by atoms with Gasteiger partial charge in [0.2, 0.25) is 0 Å². The average Bonchev–Trinajstić information content (AvgIpc) is 3.28. The van der Waals surface area contributed by atoms with Crippen LogP contribution in [0.2, 0.25) is 0 Å². The molecule has 0 unspecified atom stereocenters. The van der Waals surface area contributed by atoms with Crippen LogP contribution in [0.25, 0.3) is 10.9 Å². The first-order chi connectivity index (χ1) is 12.6. The summed E-state index contributed by atoms with van der Waals surface area (Å²) in [5.74, 6) is 0.822. The van der Waals surface area contributed by atoms with Crippen LogP contribution in [0.15, 0.2) is 34.9 Å². The van der Waals surface area contributed by atoms with Gasteiger partial charge in [-0.2, -0.15) is 0 Å². The van der Waals surface area contributed by atoms with E-state index < -0.39 is 0 Å². The molecule has 1 aromatic carbocycles. The molecule has 3 heterocycles. The summed E-state index contributed by atoms with van der Waals surface area (Å²) < 4.78 is 5.46. The monoisotopic (exact) mass is 349 g/mol. The second kappa shape index (κ2) is 6.56. The lowest BCUT2D eigenvalue weighted by molar-refractivity contribution is 0.0716. The van der Waals surface area contributed by atoms with Crippen molar-refractivity contribution in [3.8, 4) is 0 Å². The minimum absolute atomic E-state index is 0.0402. The molecule has 5 nitrogen and oxygen atoms in total. The Balaban J connectivity index is 1.77. The third kappa shape index (κ3) is 2.87. The van der Waals surface area contributed by atoms with Crippen molar-refractivity contribution >= 4 is 16.8 Å². The minimum atomic E-state index is -0.0402. The molecule has 3 aromatic rings. The van der Waals surface area contributed by atoms with E-state index in [0.29, 0.717) is 0 Å². The van der Waals surface area contributed by atoms with Crippen LogP contribution in [0.5, 0.6) is 0 Å². The third-order valence-electron chi connectivity index (χ3n) is 5.13. The molecule has 1 aliphatic rings. The molecule has 5 heteroatoms. The Morgan fingerprint density at radius 1 is 1.23 bits per heavy atom. The summed E-state index contributed by atoms with van der Waals surface area (Å²) in [4.78, 5) is 20.0. The van der Waals surface area contributed by atoms with Crippen LogP contribution in [-0.2, 0) is 6.42 Å². The lowest BCUT2D eigenvalue weighted by Gasteiger charge is -2.23. The van der Waals surface area contributed by atoms with Gasteiger partial charge in [0, 0.05) is 23.7 Å². The number of nitrogens with zero attached hydrogens (tertiary/aromatic N) is 3. The fourth-order valence-corrected chi connectivity index (χ4v) is 3.80. The summed E-state index contributed by atoms with van der Waals surface area (Å²) in [5, 5.41) is 4.92. The van der Waals surface area contributed by atoms with Gasteiger partial charge in [-0.25, -0.2) is 0 Å². The molecule has 1 amide bonds. The summed E-state index contributed by atoms with van der Waals surface area (Å²) in [6.07, 6.45) is 2.81. The van der Waals surface area contributed by atoms with E-state index in [-0.39, 0.29) is 11.9 Å². The van der Waals surface area contributed by atoms with E-state index in [1.54, 1.807) is 0 Å². The number of likely N-dealkylation sites (tertiary alicyclic amines) is 1. The first-order valence-corrected chi connectivity index (χ1v) is 9.21. The van der Waals surface area contributed by atoms with E-state index in [9.17, 15) is 4.79 Å². The third-order valence-corrected chi connectivity index (χ3v) is 5.13. The number of carbonyl (C=O) groups is 1. The Morgan fingerprint density at radius 3 is 2.81 bits per heavy atom. The molecule has 26 heavy (non-hydrogen) atoms. The number of amides is 1. The minimum Gasteiger partial charge on any atom is -0.359 e. The normalized spacial score (nSPS) is 17.2. The van der Waals surface area contributed by atoms with E-state index in [0.717, 1.165) is 59.4 Å². The van der Waals surface area contributed by atoms with Crippen LogP contribution in [0.4, 0.5) is 0 Å². The van der Waals surface area contributed by atoms with Gasteiger partial charge in [-0.1, -0.05) is 18.1 Å². The maximum Gasteiger partial charge on any atom is 0.255 e. The Hall–Kier alpha value is -2.69. The van der Waals surface area contributed by atoms with Crippen molar-refractivity contribution in [2.45, 2.75) is 46.1 Å². The summed E-state index contributed by atoms with van der Waals surface area (Å²) >= 11 is 0. The molecule has 4 rings (SSSR count). The van der Waals surface area contributed by atoms with Gasteiger partial charge in [-0.05, 0) is 56.9 Å². The molecular formula is C21H23N3O2. The lowest BCUT2D eigenvalue weighted by atomic mass is 10.0. The molecule has 134 valence electrons. The molecule has 1 atom stereocenters. The maximum atomic E-state index is 13.4. The zero-order valence-electron chi connectivity index (χ0n) is 15.5. The van der Waals surface area contributed by atoms with Gasteiger partial charge in [-0.15, -0.1) is 0 Å². The number of pyridine rings is 1. The van der Waals surface area contributed by atoms with Gasteiger partial charge < -0.3 is 9.42 Å². The van der Waals surface area contributed by atoms with Crippen molar-refractivity contribution in [3.63, 3.8) is 0 Å². The SMILES string of the molecule is CCc1ccc2nc(C)cc(C(=O)N3CCC[C@H]3c3cc(C)no3)c2c1. The van der Waals surface area contributed by atoms with Crippen molar-refractivity contribution < 1.29 is 9.32 Å². The number of aromatic nitrogens is 2. The number of hydrogen-bond donors (Lipinski definition) is 0. The Kier molecular flexibility index (Phi) is 4.23. The molecular weight excluding hydrogens is 326 g/mol. The molecule has 1 aliphatic heterocycles. The van der Waals surface area contributed by atoms with Crippen LogP contribution in [0, 0.1) is 13.8 Å². The molecule has 0 spiro atoms. The number of rotatable bonds is 3. The lowest BCUT2D eigenvalue weighted by Crippen LogP contribution is -2.30. The molecule has 0 radical (unpaired) electrons. The standard InChI is InChI=1S/C21H23N3O2/c1-4-15-7-8-18-16(12-15)17(10-13(2)22-18)21(25)24-9-5-6-19(24)20-11-14(3)23-26-20/h7-8,10-12,19H,4-6,9H2,1-3H3/t19-/m0/s1. The maximum absolute atomic E-state index is 13.4. The summed E-state index contributed by atoms with van der Waals surface area (Å²) in [6, 6.07) is 9.99. The van der Waals surface area contributed by atoms with E-state index >= 15 is 0 Å². The summed E-state index contributed by atoms with van der Waals surface area (Å²) in [5.41, 5.74) is 4.51. The molecule has 0 aliphatic carbocycles. The average molecular weight is 349 g/mol. The second-order valence-electron chi connectivity index (χ2n) is 7.04. The van der Waals surface area contributed by atoms with Crippen LogP contribution < -0.4 is 0 Å². The topological polar surface area (TPSA) is 59.2 Å². The van der Waals surface area contributed by atoms with E-state index in [1.807, 2.05) is 36.9 Å². The zero-order valence-corrected chi connectivity index (χ0v) is 15.5. The molecule has 0 N–H and O–H groups in total. The predicted octanol–water partition coefficient (Wildman–Crippen LogP) is 4.38. The smallest absolute Gasteiger partial charge is 0.255 e. The highest BCUT2D eigenvalue weighted by Gasteiger charge is 2.34. The summed E-state index contributed by atoms with van der Waals surface area (Å²) in [7, 11) is 0. The Morgan fingerprint density at radius 2 is 2.08 bits per heavy atom. The number of fused-ring (bicyclic) bond motifs is 1. The number of hydrogen-bond acceptors (Lipinski definition) is 4. The highest BCUT2D eigenvalue weighted by atomic mass is 16.5. The number of aryl methyl sites for hydroxylation is 3. The summed E-state index contributed by atoms with van der Waals surface area (Å²) in [6.45, 7) is 6.69. The van der Waals surface area contributed by atoms with E-state index in [2.05, 4.69) is 29.2 Å². The van der Waals surface area contributed by atoms with Crippen molar-refractivity contribution in [3.05, 3.63) is 58.6 Å². The first kappa shape index (κ1) is 16.8. The molecule has 1 fully saturated rings. The van der Waals surface area contributed by atoms with E-state index in [1.165, 1.54) is 5.56 Å².